The summed E-state index contributed by atoms with van der Waals surface area (Å²) in [5, 5.41) is 35.0. The van der Waals surface area contributed by atoms with E-state index < -0.39 is 114 Å². The molecule has 0 spiro atoms. The van der Waals surface area contributed by atoms with Gasteiger partial charge >= 0.3 is 5.97 Å². The van der Waals surface area contributed by atoms with Gasteiger partial charge in [-0.25, -0.2) is 13.6 Å². The molecular weight excluding hydrogens is 861 g/mol. The minimum Gasteiger partial charge on any atom is -0.456 e. The third kappa shape index (κ3) is 12.9. The standard InChI is InChI=1S/C50H71F2NO13/c1-9-33-17-27(2)16-28(3)18-43(62-7)46-44(63-8)20-30(5)50(61,66-46)47(58)48(59)53-15-11-10-12-37(53)49(60)65-45(31(6)38(54)25-39(33)55)29(4)19-32-13-14-42(40(56)21-32)64-26-41(57)34-22-35(51)24-36(52)23-34/h17,19,22-24,28,30-33,37-38,40,42-46,54,56,61H,9-16,18,20-21,25-26H2,1-8H3. The second-order valence-electron chi connectivity index (χ2n) is 19.3. The lowest BCUT2D eigenvalue weighted by atomic mass is 9.81. The minimum absolute atomic E-state index is 0.0102. The lowest BCUT2D eigenvalue weighted by Gasteiger charge is -2.47. The van der Waals surface area contributed by atoms with Gasteiger partial charge in [-0.3, -0.25) is 19.2 Å². The van der Waals surface area contributed by atoms with Crippen molar-refractivity contribution in [2.24, 2.45) is 29.6 Å². The lowest BCUT2D eigenvalue weighted by molar-refractivity contribution is -0.302. The van der Waals surface area contributed by atoms with Gasteiger partial charge in [-0.1, -0.05) is 45.4 Å². The normalized spacial score (nSPS) is 36.2. The van der Waals surface area contributed by atoms with Crippen molar-refractivity contribution in [2.45, 2.75) is 167 Å². The van der Waals surface area contributed by atoms with Crippen LogP contribution in [0.5, 0.6) is 0 Å². The largest absolute Gasteiger partial charge is 0.456 e. The van der Waals surface area contributed by atoms with E-state index in [1.54, 1.807) is 20.8 Å². The van der Waals surface area contributed by atoms with Crippen LogP contribution < -0.4 is 0 Å². The van der Waals surface area contributed by atoms with Gasteiger partial charge in [0.2, 0.25) is 5.79 Å². The van der Waals surface area contributed by atoms with Gasteiger partial charge in [0.05, 0.1) is 30.5 Å². The summed E-state index contributed by atoms with van der Waals surface area (Å²) in [4.78, 5) is 70.7. The third-order valence-corrected chi connectivity index (χ3v) is 14.2. The van der Waals surface area contributed by atoms with Gasteiger partial charge < -0.3 is 43.9 Å². The Balaban J connectivity index is 1.43. The molecule has 1 saturated carbocycles. The van der Waals surface area contributed by atoms with Gasteiger partial charge in [-0.05, 0) is 108 Å². The Morgan fingerprint density at radius 1 is 0.909 bits per heavy atom. The van der Waals surface area contributed by atoms with Crippen molar-refractivity contribution < 1.29 is 71.8 Å². The number of aliphatic hydroxyl groups excluding tert-OH is 2. The van der Waals surface area contributed by atoms with Crippen LogP contribution in [0.3, 0.4) is 0 Å². The molecule has 3 aliphatic heterocycles. The Morgan fingerprint density at radius 3 is 2.21 bits per heavy atom. The van der Waals surface area contributed by atoms with E-state index in [-0.39, 0.29) is 55.4 Å². The number of methoxy groups -OCH3 is 2. The second kappa shape index (κ2) is 23.5. The first kappa shape index (κ1) is 53.2. The monoisotopic (exact) mass is 931 g/mol. The Hall–Kier alpha value is -3.77. The van der Waals surface area contributed by atoms with Crippen LogP contribution in [0.25, 0.3) is 0 Å². The van der Waals surface area contributed by atoms with Gasteiger partial charge in [-0.2, -0.15) is 0 Å². The third-order valence-electron chi connectivity index (χ3n) is 14.2. The van der Waals surface area contributed by atoms with Crippen LogP contribution in [0.2, 0.25) is 0 Å². The average molecular weight is 932 g/mol. The van der Waals surface area contributed by atoms with Crippen molar-refractivity contribution in [3.63, 3.8) is 0 Å². The molecule has 3 heterocycles. The molecule has 66 heavy (non-hydrogen) atoms. The summed E-state index contributed by atoms with van der Waals surface area (Å²) < 4.78 is 57.4. The van der Waals surface area contributed by atoms with Crippen molar-refractivity contribution in [3.8, 4) is 0 Å². The molecule has 16 heteroatoms. The zero-order valence-electron chi connectivity index (χ0n) is 39.7. The van der Waals surface area contributed by atoms with Crippen molar-refractivity contribution in [1.29, 1.82) is 0 Å². The molecule has 2 bridgehead atoms. The summed E-state index contributed by atoms with van der Waals surface area (Å²) in [6.07, 6.45) is 1.07. The number of esters is 1. The number of fused-ring (bicyclic) bond motifs is 3. The first-order valence-electron chi connectivity index (χ1n) is 23.6. The van der Waals surface area contributed by atoms with E-state index in [0.717, 1.165) is 22.6 Å². The van der Waals surface area contributed by atoms with Crippen LogP contribution in [-0.4, -0.2) is 131 Å². The number of piperidine rings is 1. The van der Waals surface area contributed by atoms with Crippen LogP contribution in [-0.2, 0) is 42.9 Å². The fourth-order valence-electron chi connectivity index (χ4n) is 10.3. The smallest absolute Gasteiger partial charge is 0.329 e. The van der Waals surface area contributed by atoms with Gasteiger partial charge in [-0.15, -0.1) is 0 Å². The van der Waals surface area contributed by atoms with Crippen LogP contribution in [0.4, 0.5) is 8.78 Å². The Morgan fingerprint density at radius 2 is 1.58 bits per heavy atom. The number of benzene rings is 1. The van der Waals surface area contributed by atoms with E-state index >= 15 is 0 Å². The summed E-state index contributed by atoms with van der Waals surface area (Å²) in [5.74, 6) is -10.8. The number of hydrogen-bond acceptors (Lipinski definition) is 13. The van der Waals surface area contributed by atoms with Crippen molar-refractivity contribution in [3.05, 3.63) is 58.7 Å². The number of amides is 1. The van der Waals surface area contributed by atoms with Crippen molar-refractivity contribution >= 4 is 29.2 Å². The maximum Gasteiger partial charge on any atom is 0.329 e. The summed E-state index contributed by atoms with van der Waals surface area (Å²) in [6, 6.07) is 1.27. The lowest BCUT2D eigenvalue weighted by Crippen LogP contribution is -2.64. The topological polar surface area (TPSA) is 195 Å². The molecule has 368 valence electrons. The number of cyclic esters (lactones) is 1. The molecule has 0 radical (unpaired) electrons. The SMILES string of the molecule is CCC1C=C(C)CC(C)CC(OC)C2OC(O)(C(=O)C(=O)N3CCCCC3C(=O)OC(C(C)=CC3CCC(OCC(=O)c4cc(F)cc(F)c4)C(O)C3)C(C)C(O)CC1=O)C(C)CC2OC. The molecule has 4 aliphatic rings. The number of ketones is 3. The van der Waals surface area contributed by atoms with Crippen LogP contribution in [0.15, 0.2) is 41.5 Å². The van der Waals surface area contributed by atoms with E-state index in [1.807, 2.05) is 32.9 Å². The number of Topliss-reactive ketones (excluding diaryl/α,β-unsaturated/α-hetero) is 3. The molecule has 14 atom stereocenters. The molecule has 0 aromatic heterocycles. The number of halogens is 2. The average Bonchev–Trinajstić information content (AvgIpc) is 3.27. The maximum absolute atomic E-state index is 14.4. The zero-order valence-corrected chi connectivity index (χ0v) is 39.7. The molecule has 1 aromatic rings. The predicted molar refractivity (Wildman–Crippen MR) is 238 cm³/mol. The van der Waals surface area contributed by atoms with Crippen molar-refractivity contribution in [1.82, 2.24) is 4.90 Å². The fourth-order valence-corrected chi connectivity index (χ4v) is 10.3. The van der Waals surface area contributed by atoms with Gasteiger partial charge in [0.15, 0.2) is 5.78 Å². The quantitative estimate of drug-likeness (QED) is 0.113. The number of ether oxygens (including phenoxy) is 5. The van der Waals surface area contributed by atoms with E-state index in [2.05, 4.69) is 0 Å². The van der Waals surface area contributed by atoms with Gasteiger partial charge in [0.25, 0.3) is 11.7 Å². The summed E-state index contributed by atoms with van der Waals surface area (Å²) in [5.41, 5.74) is 1.28. The number of carbonyl (C=O) groups is 5. The van der Waals surface area contributed by atoms with Crippen LogP contribution in [0, 0.1) is 41.2 Å². The fraction of sp³-hybridized carbons (Fsp3) is 0.700. The molecule has 14 nitrogen and oxygen atoms in total. The molecule has 2 saturated heterocycles. The Labute approximate surface area is 387 Å². The first-order valence-corrected chi connectivity index (χ1v) is 23.6. The first-order chi connectivity index (χ1) is 31.2. The molecule has 3 N–H and O–H groups in total. The summed E-state index contributed by atoms with van der Waals surface area (Å²) in [6.45, 7) is 10.4. The highest BCUT2D eigenvalue weighted by Gasteiger charge is 2.56. The predicted octanol–water partition coefficient (Wildman–Crippen LogP) is 6.00. The van der Waals surface area contributed by atoms with E-state index in [9.17, 15) is 48.1 Å². The molecule has 1 aromatic carbocycles. The second-order valence-corrected chi connectivity index (χ2v) is 19.3. The molecule has 1 aliphatic carbocycles. The summed E-state index contributed by atoms with van der Waals surface area (Å²) >= 11 is 0. The molecule has 3 fully saturated rings. The van der Waals surface area contributed by atoms with Gasteiger partial charge in [0, 0.05) is 56.6 Å². The Kier molecular flexibility index (Phi) is 18.9. The van der Waals surface area contributed by atoms with Crippen LogP contribution >= 0.6 is 0 Å². The van der Waals surface area contributed by atoms with Crippen molar-refractivity contribution in [2.75, 3.05) is 27.4 Å². The van der Waals surface area contributed by atoms with E-state index in [4.69, 9.17) is 23.7 Å². The highest BCUT2D eigenvalue weighted by Crippen LogP contribution is 2.39. The highest BCUT2D eigenvalue weighted by molar-refractivity contribution is 6.39. The highest BCUT2D eigenvalue weighted by atomic mass is 19.1. The molecule has 5 rings (SSSR count). The Bertz CT molecular complexity index is 1940. The number of allylic oxidation sites excluding steroid dienone is 3. The zero-order chi connectivity index (χ0) is 48.6. The molecular formula is C50H71F2NO13. The molecule has 14 unspecified atom stereocenters. The molecule has 1 amide bonds. The maximum atomic E-state index is 14.4. The minimum atomic E-state index is -2.56. The van der Waals surface area contributed by atoms with Crippen LogP contribution in [0.1, 0.15) is 123 Å². The number of hydrogen-bond donors (Lipinski definition) is 3. The van der Waals surface area contributed by atoms with E-state index in [1.165, 1.54) is 14.2 Å². The number of aliphatic hydroxyl groups is 3. The number of rotatable bonds is 9. The number of nitrogens with zero attached hydrogens (tertiary/aromatic N) is 1. The summed E-state index contributed by atoms with van der Waals surface area (Å²) in [7, 11) is 3.01. The number of carbonyl (C=O) groups excluding carboxylic acids is 5. The van der Waals surface area contributed by atoms with E-state index in [0.29, 0.717) is 56.6 Å². The van der Waals surface area contributed by atoms with Gasteiger partial charge in [0.1, 0.15) is 42.3 Å².